The number of quaternary nitrogens is 1. The van der Waals surface area contributed by atoms with Crippen molar-refractivity contribution in [3.8, 4) is 0 Å². The Hall–Kier alpha value is -1.73. The fourth-order valence-corrected chi connectivity index (χ4v) is 5.32. The van der Waals surface area contributed by atoms with Crippen molar-refractivity contribution in [2.75, 3.05) is 18.4 Å². The Morgan fingerprint density at radius 3 is 3.00 bits per heavy atom. The summed E-state index contributed by atoms with van der Waals surface area (Å²) < 4.78 is 0. The van der Waals surface area contributed by atoms with E-state index in [1.54, 1.807) is 29.7 Å². The van der Waals surface area contributed by atoms with E-state index >= 15 is 0 Å². The number of rotatable bonds is 4. The number of nitrogens with zero attached hydrogens (tertiary/aromatic N) is 1. The number of pyridine rings is 1. The van der Waals surface area contributed by atoms with Crippen molar-refractivity contribution in [1.82, 2.24) is 4.98 Å². The summed E-state index contributed by atoms with van der Waals surface area (Å²) in [5.41, 5.74) is 1.93. The second-order valence-electron chi connectivity index (χ2n) is 5.97. The van der Waals surface area contributed by atoms with Crippen LogP contribution >= 0.6 is 34.3 Å². The maximum atomic E-state index is 12.6. The molecule has 25 heavy (non-hydrogen) atoms. The quantitative estimate of drug-likeness (QED) is 0.672. The summed E-state index contributed by atoms with van der Waals surface area (Å²) in [5.74, 6) is -0.0369. The van der Waals surface area contributed by atoms with Gasteiger partial charge in [0.15, 0.2) is 11.7 Å². The standard InChI is InChI=1S/C18H16ClN3OS2/c19-18-13(3-1-7-20-18)21-16(23)11-22-8-5-14-12(6-10-25-14)17(22)15-4-2-9-24-15/h1-4,6-7,9-10,17H,5,8,11H2,(H,21,23)/p+1/t17-/m0/s1. The van der Waals surface area contributed by atoms with Crippen LogP contribution in [0, 0.1) is 0 Å². The summed E-state index contributed by atoms with van der Waals surface area (Å²) in [5, 5.41) is 7.47. The lowest BCUT2D eigenvalue weighted by molar-refractivity contribution is -0.919. The molecule has 0 spiro atoms. The van der Waals surface area contributed by atoms with E-state index in [2.05, 4.69) is 39.3 Å². The van der Waals surface area contributed by atoms with Gasteiger partial charge < -0.3 is 10.2 Å². The van der Waals surface area contributed by atoms with Gasteiger partial charge in [0.25, 0.3) is 5.91 Å². The van der Waals surface area contributed by atoms with Gasteiger partial charge in [0.05, 0.1) is 17.1 Å². The molecule has 4 heterocycles. The molecule has 4 rings (SSSR count). The number of anilines is 1. The molecule has 7 heteroatoms. The van der Waals surface area contributed by atoms with Crippen LogP contribution in [-0.4, -0.2) is 24.0 Å². The van der Waals surface area contributed by atoms with E-state index in [-0.39, 0.29) is 11.9 Å². The third kappa shape index (κ3) is 3.48. The average molecular weight is 391 g/mol. The van der Waals surface area contributed by atoms with Gasteiger partial charge in [-0.3, -0.25) is 4.79 Å². The zero-order valence-corrected chi connectivity index (χ0v) is 15.8. The van der Waals surface area contributed by atoms with Crippen molar-refractivity contribution in [3.63, 3.8) is 0 Å². The van der Waals surface area contributed by atoms with Crippen LogP contribution in [0.4, 0.5) is 5.69 Å². The van der Waals surface area contributed by atoms with E-state index in [0.717, 1.165) is 13.0 Å². The van der Waals surface area contributed by atoms with Crippen molar-refractivity contribution in [3.05, 3.63) is 67.8 Å². The summed E-state index contributed by atoms with van der Waals surface area (Å²) in [7, 11) is 0. The fraction of sp³-hybridized carbons (Fsp3) is 0.222. The van der Waals surface area contributed by atoms with Gasteiger partial charge in [-0.05, 0) is 35.0 Å². The van der Waals surface area contributed by atoms with E-state index in [4.69, 9.17) is 11.6 Å². The van der Waals surface area contributed by atoms with Crippen LogP contribution in [0.25, 0.3) is 0 Å². The lowest BCUT2D eigenvalue weighted by Crippen LogP contribution is -3.14. The molecule has 3 aromatic rings. The highest BCUT2D eigenvalue weighted by atomic mass is 35.5. The summed E-state index contributed by atoms with van der Waals surface area (Å²) in [6.45, 7) is 1.35. The van der Waals surface area contributed by atoms with Crippen LogP contribution in [0.3, 0.4) is 0 Å². The molecule has 4 nitrogen and oxygen atoms in total. The van der Waals surface area contributed by atoms with Gasteiger partial charge in [0, 0.05) is 23.1 Å². The van der Waals surface area contributed by atoms with E-state index in [1.165, 1.54) is 20.2 Å². The second-order valence-corrected chi connectivity index (χ2v) is 8.31. The Morgan fingerprint density at radius 2 is 2.20 bits per heavy atom. The number of fused-ring (bicyclic) bond motifs is 1. The van der Waals surface area contributed by atoms with E-state index < -0.39 is 0 Å². The number of thiophene rings is 2. The van der Waals surface area contributed by atoms with Crippen LogP contribution in [0.5, 0.6) is 0 Å². The molecule has 2 N–H and O–H groups in total. The van der Waals surface area contributed by atoms with Crippen molar-refractivity contribution >= 4 is 45.9 Å². The normalized spacial score (nSPS) is 19.4. The topological polar surface area (TPSA) is 46.4 Å². The fourth-order valence-electron chi connectivity index (χ4n) is 3.33. The minimum absolute atomic E-state index is 0.0369. The van der Waals surface area contributed by atoms with Gasteiger partial charge in [0.1, 0.15) is 6.04 Å². The molecule has 2 atom stereocenters. The lowest BCUT2D eigenvalue weighted by Gasteiger charge is -2.31. The number of amides is 1. The summed E-state index contributed by atoms with van der Waals surface area (Å²) in [4.78, 5) is 20.6. The van der Waals surface area contributed by atoms with Crippen molar-refractivity contribution in [2.45, 2.75) is 12.5 Å². The van der Waals surface area contributed by atoms with Crippen molar-refractivity contribution < 1.29 is 9.69 Å². The molecule has 3 aromatic heterocycles. The van der Waals surface area contributed by atoms with Crippen LogP contribution in [0.2, 0.25) is 5.15 Å². The molecular weight excluding hydrogens is 374 g/mol. The average Bonchev–Trinajstić information content (AvgIpc) is 3.28. The molecule has 1 aliphatic heterocycles. The highest BCUT2D eigenvalue weighted by molar-refractivity contribution is 7.10. The maximum Gasteiger partial charge on any atom is 0.279 e. The minimum Gasteiger partial charge on any atom is -0.319 e. The molecule has 0 saturated heterocycles. The van der Waals surface area contributed by atoms with E-state index in [9.17, 15) is 4.79 Å². The Labute approximate surface area is 159 Å². The first-order chi connectivity index (χ1) is 12.2. The Morgan fingerprint density at radius 1 is 1.28 bits per heavy atom. The molecule has 128 valence electrons. The zero-order valence-electron chi connectivity index (χ0n) is 13.4. The van der Waals surface area contributed by atoms with Gasteiger partial charge in [-0.1, -0.05) is 17.7 Å². The predicted molar refractivity (Wildman–Crippen MR) is 103 cm³/mol. The smallest absolute Gasteiger partial charge is 0.279 e. The number of hydrogen-bond acceptors (Lipinski definition) is 4. The monoisotopic (exact) mass is 390 g/mol. The second kappa shape index (κ2) is 7.25. The first-order valence-electron chi connectivity index (χ1n) is 8.07. The van der Waals surface area contributed by atoms with Crippen LogP contribution in [0.1, 0.15) is 21.4 Å². The summed E-state index contributed by atoms with van der Waals surface area (Å²) in [6, 6.07) is 10.2. The summed E-state index contributed by atoms with van der Waals surface area (Å²) in [6.07, 6.45) is 2.63. The zero-order chi connectivity index (χ0) is 17.2. The van der Waals surface area contributed by atoms with Gasteiger partial charge in [0.2, 0.25) is 0 Å². The van der Waals surface area contributed by atoms with Gasteiger partial charge in [-0.2, -0.15) is 0 Å². The van der Waals surface area contributed by atoms with Crippen LogP contribution < -0.4 is 10.2 Å². The summed E-state index contributed by atoms with van der Waals surface area (Å²) >= 11 is 9.62. The van der Waals surface area contributed by atoms with E-state index in [1.807, 2.05) is 11.3 Å². The number of carbonyl (C=O) groups is 1. The molecule has 1 aliphatic rings. The maximum absolute atomic E-state index is 12.6. The third-order valence-corrected chi connectivity index (χ3v) is 6.66. The Balaban J connectivity index is 1.55. The molecule has 1 unspecified atom stereocenters. The largest absolute Gasteiger partial charge is 0.319 e. The minimum atomic E-state index is -0.0369. The van der Waals surface area contributed by atoms with E-state index in [0.29, 0.717) is 17.4 Å². The van der Waals surface area contributed by atoms with Crippen LogP contribution in [-0.2, 0) is 11.2 Å². The molecule has 0 bridgehead atoms. The van der Waals surface area contributed by atoms with Gasteiger partial charge >= 0.3 is 0 Å². The molecule has 0 radical (unpaired) electrons. The first kappa shape index (κ1) is 16.7. The number of nitrogens with one attached hydrogen (secondary N) is 2. The van der Waals surface area contributed by atoms with Crippen molar-refractivity contribution in [1.29, 1.82) is 0 Å². The molecule has 0 aliphatic carbocycles. The third-order valence-electron chi connectivity index (χ3n) is 4.42. The number of hydrogen-bond donors (Lipinski definition) is 2. The SMILES string of the molecule is O=C(C[NH+]1CCc2sccc2[C@H]1c1cccs1)Nc1cccnc1Cl. The number of carbonyl (C=O) groups excluding carboxylic acids is 1. The van der Waals surface area contributed by atoms with Gasteiger partial charge in [-0.25, -0.2) is 4.98 Å². The highest BCUT2D eigenvalue weighted by Gasteiger charge is 2.35. The highest BCUT2D eigenvalue weighted by Crippen LogP contribution is 2.31. The lowest BCUT2D eigenvalue weighted by atomic mass is 9.98. The molecule has 1 amide bonds. The molecule has 0 fully saturated rings. The Bertz CT molecular complexity index is 878. The number of halogens is 1. The first-order valence-corrected chi connectivity index (χ1v) is 10.2. The predicted octanol–water partition coefficient (Wildman–Crippen LogP) is 3.03. The van der Waals surface area contributed by atoms with Crippen molar-refractivity contribution in [2.24, 2.45) is 0 Å². The Kier molecular flexibility index (Phi) is 4.85. The van der Waals surface area contributed by atoms with Gasteiger partial charge in [-0.15, -0.1) is 22.7 Å². The molecule has 0 aromatic carbocycles. The molecule has 0 saturated carbocycles. The number of aromatic nitrogens is 1. The molecular formula is C18H17ClN3OS2+. The van der Waals surface area contributed by atoms with Crippen LogP contribution in [0.15, 0.2) is 47.3 Å².